The third kappa shape index (κ3) is 5.29. The van der Waals surface area contributed by atoms with Gasteiger partial charge in [0.25, 0.3) is 0 Å². The van der Waals surface area contributed by atoms with Gasteiger partial charge < -0.3 is 4.74 Å². The molecule has 2 rings (SSSR count). The van der Waals surface area contributed by atoms with Crippen LogP contribution in [0.2, 0.25) is 0 Å². The summed E-state index contributed by atoms with van der Waals surface area (Å²) in [4.78, 5) is 24.4. The summed E-state index contributed by atoms with van der Waals surface area (Å²) in [6, 6.07) is 7.42. The molecule has 0 radical (unpaired) electrons. The van der Waals surface area contributed by atoms with E-state index in [9.17, 15) is 9.59 Å². The summed E-state index contributed by atoms with van der Waals surface area (Å²) in [5, 5.41) is 0. The van der Waals surface area contributed by atoms with E-state index in [1.807, 2.05) is 24.3 Å². The molecule has 1 heterocycles. The highest BCUT2D eigenvalue weighted by molar-refractivity contribution is 8.22. The number of carbonyl (C=O) groups is 2. The van der Waals surface area contributed by atoms with Crippen LogP contribution in [-0.2, 0) is 9.59 Å². The van der Waals surface area contributed by atoms with Crippen LogP contribution in [0.15, 0.2) is 40.2 Å². The van der Waals surface area contributed by atoms with Crippen LogP contribution in [0.4, 0.5) is 0 Å². The molecule has 0 N–H and O–H groups in total. The van der Waals surface area contributed by atoms with Crippen LogP contribution in [0.3, 0.4) is 0 Å². The maximum Gasteiger partial charge on any atom is 0.191 e. The molecule has 0 saturated carbocycles. The Morgan fingerprint density at radius 2 is 1.70 bits per heavy atom. The van der Waals surface area contributed by atoms with Gasteiger partial charge in [0.1, 0.15) is 5.75 Å². The molecule has 1 fully saturated rings. The van der Waals surface area contributed by atoms with E-state index in [0.717, 1.165) is 39.9 Å². The maximum atomic E-state index is 12.5. The van der Waals surface area contributed by atoms with Crippen molar-refractivity contribution in [3.05, 3.63) is 45.7 Å². The fourth-order valence-corrected chi connectivity index (χ4v) is 4.79. The number of rotatable bonds is 5. The Morgan fingerprint density at radius 1 is 1.09 bits per heavy atom. The van der Waals surface area contributed by atoms with Crippen molar-refractivity contribution in [1.29, 1.82) is 0 Å². The standard InChI is InChI=1S/C18H20O3S2/c1-13(19)17(18-22-11-3-4-12-23-18)16(20)10-7-14-5-8-15(21-2)9-6-14/h5-10H,3-4,11-12H2,1-2H3/b10-7+. The summed E-state index contributed by atoms with van der Waals surface area (Å²) in [5.74, 6) is 2.33. The quantitative estimate of drug-likeness (QED) is 0.450. The zero-order chi connectivity index (χ0) is 16.7. The third-order valence-corrected chi connectivity index (χ3v) is 5.98. The van der Waals surface area contributed by atoms with Crippen LogP contribution in [0.1, 0.15) is 25.3 Å². The Balaban J connectivity index is 2.18. The molecular formula is C18H20O3S2. The van der Waals surface area contributed by atoms with Crippen molar-refractivity contribution < 1.29 is 14.3 Å². The molecular weight excluding hydrogens is 328 g/mol. The molecule has 0 amide bonds. The molecule has 0 bridgehead atoms. The van der Waals surface area contributed by atoms with E-state index < -0.39 is 0 Å². The Morgan fingerprint density at radius 3 is 2.22 bits per heavy atom. The Hall–Kier alpha value is -1.46. The number of methoxy groups -OCH3 is 1. The van der Waals surface area contributed by atoms with E-state index in [2.05, 4.69) is 0 Å². The van der Waals surface area contributed by atoms with Crippen molar-refractivity contribution in [3.63, 3.8) is 0 Å². The molecule has 3 nitrogen and oxygen atoms in total. The number of ether oxygens (including phenoxy) is 1. The van der Waals surface area contributed by atoms with Crippen LogP contribution >= 0.6 is 23.5 Å². The molecule has 5 heteroatoms. The van der Waals surface area contributed by atoms with Crippen molar-refractivity contribution in [2.45, 2.75) is 19.8 Å². The van der Waals surface area contributed by atoms with Crippen LogP contribution < -0.4 is 4.74 Å². The molecule has 1 saturated heterocycles. The van der Waals surface area contributed by atoms with Gasteiger partial charge in [-0.15, -0.1) is 23.5 Å². The van der Waals surface area contributed by atoms with Crippen LogP contribution in [0, 0.1) is 0 Å². The summed E-state index contributed by atoms with van der Waals surface area (Å²) >= 11 is 3.25. The van der Waals surface area contributed by atoms with Gasteiger partial charge in [-0.3, -0.25) is 9.59 Å². The summed E-state index contributed by atoms with van der Waals surface area (Å²) in [5.41, 5.74) is 1.22. The first-order valence-electron chi connectivity index (χ1n) is 7.49. The summed E-state index contributed by atoms with van der Waals surface area (Å²) in [6.45, 7) is 1.47. The van der Waals surface area contributed by atoms with Crippen molar-refractivity contribution in [3.8, 4) is 5.75 Å². The molecule has 0 atom stereocenters. The lowest BCUT2D eigenvalue weighted by Gasteiger charge is -2.07. The average molecular weight is 348 g/mol. The highest BCUT2D eigenvalue weighted by Crippen LogP contribution is 2.36. The maximum absolute atomic E-state index is 12.5. The highest BCUT2D eigenvalue weighted by atomic mass is 32.2. The van der Waals surface area contributed by atoms with Gasteiger partial charge >= 0.3 is 0 Å². The van der Waals surface area contributed by atoms with Crippen LogP contribution in [0.25, 0.3) is 6.08 Å². The van der Waals surface area contributed by atoms with Gasteiger partial charge in [0, 0.05) is 0 Å². The van der Waals surface area contributed by atoms with E-state index >= 15 is 0 Å². The van der Waals surface area contributed by atoms with Gasteiger partial charge in [-0.05, 0) is 55.0 Å². The van der Waals surface area contributed by atoms with Crippen molar-refractivity contribution in [2.75, 3.05) is 18.6 Å². The van der Waals surface area contributed by atoms with Crippen LogP contribution in [0.5, 0.6) is 5.75 Å². The molecule has 1 aliphatic heterocycles. The van der Waals surface area contributed by atoms with Gasteiger partial charge in [0.15, 0.2) is 11.6 Å². The van der Waals surface area contributed by atoms with E-state index in [4.69, 9.17) is 4.74 Å². The number of Topliss-reactive ketones (excluding diaryl/α,β-unsaturated/α-hetero) is 1. The predicted molar refractivity (Wildman–Crippen MR) is 98.9 cm³/mol. The van der Waals surface area contributed by atoms with Gasteiger partial charge in [0.2, 0.25) is 0 Å². The largest absolute Gasteiger partial charge is 0.497 e. The van der Waals surface area contributed by atoms with Gasteiger partial charge in [-0.1, -0.05) is 18.2 Å². The second kappa shape index (κ2) is 8.99. The normalized spacial score (nSPS) is 15.3. The fourth-order valence-electron chi connectivity index (χ4n) is 2.11. The molecule has 23 heavy (non-hydrogen) atoms. The summed E-state index contributed by atoms with van der Waals surface area (Å²) in [7, 11) is 1.61. The lowest BCUT2D eigenvalue weighted by molar-refractivity contribution is -0.118. The predicted octanol–water partition coefficient (Wildman–Crippen LogP) is 4.34. The minimum Gasteiger partial charge on any atom is -0.497 e. The zero-order valence-corrected chi connectivity index (χ0v) is 15.0. The van der Waals surface area contributed by atoms with E-state index in [0.29, 0.717) is 5.57 Å². The number of thioether (sulfide) groups is 2. The number of ketones is 2. The molecule has 1 aliphatic rings. The van der Waals surface area contributed by atoms with Crippen molar-refractivity contribution >= 4 is 41.2 Å². The Bertz CT molecular complexity index is 620. The first-order chi connectivity index (χ1) is 11.1. The van der Waals surface area contributed by atoms with E-state index in [1.54, 1.807) is 36.7 Å². The molecule has 1 aromatic carbocycles. The molecule has 0 aliphatic carbocycles. The highest BCUT2D eigenvalue weighted by Gasteiger charge is 2.20. The fraction of sp³-hybridized carbons (Fsp3) is 0.333. The first-order valence-corrected chi connectivity index (χ1v) is 9.46. The van der Waals surface area contributed by atoms with Gasteiger partial charge in [0.05, 0.1) is 16.9 Å². The SMILES string of the molecule is COc1ccc(/C=C/C(=O)C(C(C)=O)=C2SCCCCS2)cc1. The number of hydrogen-bond donors (Lipinski definition) is 0. The molecule has 0 unspecified atom stereocenters. The van der Waals surface area contributed by atoms with Crippen molar-refractivity contribution in [1.82, 2.24) is 0 Å². The lowest BCUT2D eigenvalue weighted by Crippen LogP contribution is -2.09. The second-order valence-corrected chi connectivity index (χ2v) is 7.56. The number of allylic oxidation sites excluding steroid dienone is 2. The Labute approximate surface area is 145 Å². The lowest BCUT2D eigenvalue weighted by atomic mass is 10.1. The van der Waals surface area contributed by atoms with E-state index in [1.165, 1.54) is 13.0 Å². The Kier molecular flexibility index (Phi) is 6.99. The van der Waals surface area contributed by atoms with Gasteiger partial charge in [-0.25, -0.2) is 0 Å². The monoisotopic (exact) mass is 348 g/mol. The first kappa shape index (κ1) is 17.9. The molecule has 0 aromatic heterocycles. The summed E-state index contributed by atoms with van der Waals surface area (Å²) < 4.78 is 5.98. The molecule has 122 valence electrons. The third-order valence-electron chi connectivity index (χ3n) is 3.35. The average Bonchev–Trinajstić information content (AvgIpc) is 2.82. The smallest absolute Gasteiger partial charge is 0.191 e. The minimum absolute atomic E-state index is 0.161. The second-order valence-electron chi connectivity index (χ2n) is 5.09. The molecule has 0 spiro atoms. The van der Waals surface area contributed by atoms with Crippen molar-refractivity contribution in [2.24, 2.45) is 0 Å². The minimum atomic E-state index is -0.217. The van der Waals surface area contributed by atoms with E-state index in [-0.39, 0.29) is 11.6 Å². The topological polar surface area (TPSA) is 43.4 Å². The van der Waals surface area contributed by atoms with Crippen LogP contribution in [-0.4, -0.2) is 30.2 Å². The number of hydrogen-bond acceptors (Lipinski definition) is 5. The van der Waals surface area contributed by atoms with Gasteiger partial charge in [-0.2, -0.15) is 0 Å². The molecule has 1 aromatic rings. The number of carbonyl (C=O) groups excluding carboxylic acids is 2. The summed E-state index contributed by atoms with van der Waals surface area (Å²) in [6.07, 6.45) is 5.47. The number of benzene rings is 1. The zero-order valence-electron chi connectivity index (χ0n) is 13.3.